The van der Waals surface area contributed by atoms with Gasteiger partial charge >= 0.3 is 5.97 Å². The van der Waals surface area contributed by atoms with Crippen LogP contribution in [0.25, 0.3) is 0 Å². The van der Waals surface area contributed by atoms with E-state index >= 15 is 0 Å². The fourth-order valence-corrected chi connectivity index (χ4v) is 1.88. The van der Waals surface area contributed by atoms with Crippen molar-refractivity contribution in [3.05, 3.63) is 29.6 Å². The zero-order valence-electron chi connectivity index (χ0n) is 14.9. The van der Waals surface area contributed by atoms with E-state index in [0.29, 0.717) is 0 Å². The lowest BCUT2D eigenvalue weighted by atomic mass is 9.87. The summed E-state index contributed by atoms with van der Waals surface area (Å²) in [5, 5.41) is 0. The Morgan fingerprint density at radius 1 is 1.26 bits per heavy atom. The van der Waals surface area contributed by atoms with Gasteiger partial charge in [-0.3, -0.25) is 4.79 Å². The molecule has 5 heteroatoms. The normalized spacial score (nSPS) is 14.5. The topological polar surface area (TPSA) is 61.6 Å². The van der Waals surface area contributed by atoms with Crippen LogP contribution in [0.15, 0.2) is 18.2 Å². The lowest BCUT2D eigenvalue weighted by molar-refractivity contribution is -0.148. The maximum absolute atomic E-state index is 14.1. The van der Waals surface area contributed by atoms with E-state index < -0.39 is 23.9 Å². The molecular formula is C18H28FNO3. The lowest BCUT2D eigenvalue weighted by Crippen LogP contribution is -2.38. The first-order valence-corrected chi connectivity index (χ1v) is 7.91. The summed E-state index contributed by atoms with van der Waals surface area (Å²) >= 11 is 0. The largest absolute Gasteiger partial charge is 0.484 e. The molecule has 1 aromatic carbocycles. The van der Waals surface area contributed by atoms with Crippen molar-refractivity contribution in [2.24, 2.45) is 11.7 Å². The Hall–Kier alpha value is -1.62. The Morgan fingerprint density at radius 2 is 1.87 bits per heavy atom. The van der Waals surface area contributed by atoms with E-state index in [1.54, 1.807) is 13.0 Å². The second-order valence-corrected chi connectivity index (χ2v) is 7.22. The van der Waals surface area contributed by atoms with Crippen LogP contribution in [0.4, 0.5) is 4.39 Å². The van der Waals surface area contributed by atoms with Gasteiger partial charge in [-0.1, -0.05) is 40.7 Å². The van der Waals surface area contributed by atoms with E-state index in [2.05, 4.69) is 0 Å². The summed E-state index contributed by atoms with van der Waals surface area (Å²) in [6, 6.07) is 4.26. The van der Waals surface area contributed by atoms with Crippen molar-refractivity contribution in [2.45, 2.75) is 59.1 Å². The van der Waals surface area contributed by atoms with Gasteiger partial charge in [-0.25, -0.2) is 4.39 Å². The van der Waals surface area contributed by atoms with Crippen molar-refractivity contribution in [2.75, 3.05) is 6.61 Å². The van der Waals surface area contributed by atoms with Gasteiger partial charge in [-0.15, -0.1) is 0 Å². The van der Waals surface area contributed by atoms with Crippen molar-refractivity contribution in [3.63, 3.8) is 0 Å². The van der Waals surface area contributed by atoms with E-state index in [-0.39, 0.29) is 23.7 Å². The molecule has 2 N–H and O–H groups in total. The van der Waals surface area contributed by atoms with Gasteiger partial charge in [0.05, 0.1) is 0 Å². The van der Waals surface area contributed by atoms with Gasteiger partial charge < -0.3 is 15.2 Å². The summed E-state index contributed by atoms with van der Waals surface area (Å²) in [7, 11) is 0. The Bertz CT molecular complexity index is 538. The van der Waals surface area contributed by atoms with Gasteiger partial charge in [-0.05, 0) is 36.0 Å². The minimum absolute atomic E-state index is 0.00103. The van der Waals surface area contributed by atoms with E-state index in [4.69, 9.17) is 15.2 Å². The van der Waals surface area contributed by atoms with Gasteiger partial charge in [-0.2, -0.15) is 0 Å². The van der Waals surface area contributed by atoms with E-state index in [1.165, 1.54) is 6.07 Å². The number of hydrogen-bond donors (Lipinski definition) is 1. The third-order valence-electron chi connectivity index (χ3n) is 3.58. The predicted molar refractivity (Wildman–Crippen MR) is 89.0 cm³/mol. The number of rotatable bonds is 6. The molecule has 0 saturated carbocycles. The Morgan fingerprint density at radius 3 is 2.35 bits per heavy atom. The van der Waals surface area contributed by atoms with Crippen LogP contribution in [-0.2, 0) is 14.9 Å². The van der Waals surface area contributed by atoms with Crippen LogP contribution < -0.4 is 10.5 Å². The fourth-order valence-electron chi connectivity index (χ4n) is 1.88. The summed E-state index contributed by atoms with van der Waals surface area (Å²) in [4.78, 5) is 11.7. The first kappa shape index (κ1) is 19.4. The molecule has 0 spiro atoms. The number of esters is 1. The molecule has 130 valence electrons. The summed E-state index contributed by atoms with van der Waals surface area (Å²) in [5.41, 5.74) is 6.47. The average molecular weight is 325 g/mol. The maximum Gasteiger partial charge on any atom is 0.323 e. The number of carbonyl (C=O) groups excluding carboxylic acids is 1. The molecule has 0 bridgehead atoms. The highest BCUT2D eigenvalue weighted by Crippen LogP contribution is 2.27. The van der Waals surface area contributed by atoms with Crippen molar-refractivity contribution < 1.29 is 18.7 Å². The molecule has 0 amide bonds. The summed E-state index contributed by atoms with van der Waals surface area (Å²) in [5.74, 6) is -0.746. The van der Waals surface area contributed by atoms with Gasteiger partial charge in [0.15, 0.2) is 11.6 Å². The second kappa shape index (κ2) is 7.77. The van der Waals surface area contributed by atoms with Crippen LogP contribution in [0.1, 0.15) is 47.1 Å². The molecule has 23 heavy (non-hydrogen) atoms. The highest BCUT2D eigenvalue weighted by molar-refractivity contribution is 5.75. The molecule has 0 aliphatic carbocycles. The van der Waals surface area contributed by atoms with Crippen molar-refractivity contribution in [3.8, 4) is 5.75 Å². The third-order valence-corrected chi connectivity index (χ3v) is 3.58. The summed E-state index contributed by atoms with van der Waals surface area (Å²) < 4.78 is 24.7. The molecule has 4 nitrogen and oxygen atoms in total. The van der Waals surface area contributed by atoms with Crippen molar-refractivity contribution in [1.82, 2.24) is 0 Å². The molecule has 0 fully saturated rings. The maximum atomic E-state index is 14.1. The number of hydrogen-bond acceptors (Lipinski definition) is 4. The van der Waals surface area contributed by atoms with Crippen LogP contribution in [0, 0.1) is 11.7 Å². The first-order chi connectivity index (χ1) is 10.5. The predicted octanol–water partition coefficient (Wildman–Crippen LogP) is 3.42. The summed E-state index contributed by atoms with van der Waals surface area (Å²) in [6.45, 7) is 11.5. The molecule has 2 atom stereocenters. The Labute approximate surface area is 138 Å². The molecule has 0 aliphatic heterocycles. The van der Waals surface area contributed by atoms with Crippen molar-refractivity contribution in [1.29, 1.82) is 0 Å². The van der Waals surface area contributed by atoms with Gasteiger partial charge in [0.1, 0.15) is 18.8 Å². The Balaban J connectivity index is 2.61. The number of benzene rings is 1. The molecule has 0 heterocycles. The van der Waals surface area contributed by atoms with E-state index in [9.17, 15) is 9.18 Å². The fraction of sp³-hybridized carbons (Fsp3) is 0.611. The zero-order valence-corrected chi connectivity index (χ0v) is 14.9. The minimum Gasteiger partial charge on any atom is -0.484 e. The molecule has 0 aliphatic rings. The highest BCUT2D eigenvalue weighted by atomic mass is 19.1. The molecule has 1 rings (SSSR count). The van der Waals surface area contributed by atoms with Gasteiger partial charge in [0.25, 0.3) is 0 Å². The number of nitrogens with two attached hydrogens (primary N) is 1. The monoisotopic (exact) mass is 325 g/mol. The van der Waals surface area contributed by atoms with Gasteiger partial charge in [0, 0.05) is 0 Å². The van der Waals surface area contributed by atoms with Crippen LogP contribution in [0.2, 0.25) is 0 Å². The van der Waals surface area contributed by atoms with Crippen LogP contribution in [0.5, 0.6) is 5.75 Å². The minimum atomic E-state index is -0.662. The van der Waals surface area contributed by atoms with Crippen LogP contribution >= 0.6 is 0 Å². The lowest BCUT2D eigenvalue weighted by Gasteiger charge is -2.21. The highest BCUT2D eigenvalue weighted by Gasteiger charge is 2.21. The van der Waals surface area contributed by atoms with Gasteiger partial charge in [0.2, 0.25) is 0 Å². The first-order valence-electron chi connectivity index (χ1n) is 7.91. The molecular weight excluding hydrogens is 297 g/mol. The molecule has 0 aromatic heterocycles. The zero-order chi connectivity index (χ0) is 17.8. The second-order valence-electron chi connectivity index (χ2n) is 7.22. The third kappa shape index (κ3) is 5.82. The average Bonchev–Trinajstić information content (AvgIpc) is 2.44. The number of carbonyl (C=O) groups is 1. The molecule has 1 aromatic rings. The van der Waals surface area contributed by atoms with E-state index in [0.717, 1.165) is 5.56 Å². The quantitative estimate of drug-likeness (QED) is 0.814. The SMILES string of the molecule is CC(C)C(N)C(=O)OC[C@@H](C)Oc1ccc(C(C)(C)C)cc1F. The van der Waals surface area contributed by atoms with Crippen LogP contribution in [-0.4, -0.2) is 24.7 Å². The molecule has 0 saturated heterocycles. The smallest absolute Gasteiger partial charge is 0.323 e. The molecule has 0 radical (unpaired) electrons. The standard InChI is InChI=1S/C18H28FNO3/c1-11(2)16(20)17(21)22-10-12(3)23-15-8-7-13(9-14(15)19)18(4,5)6/h7-9,11-12,16H,10,20H2,1-6H3/t12-,16?/m1/s1. The number of ether oxygens (including phenoxy) is 2. The van der Waals surface area contributed by atoms with E-state index in [1.807, 2.05) is 40.7 Å². The summed E-state index contributed by atoms with van der Waals surface area (Å²) in [6.07, 6.45) is -0.465. The molecule has 1 unspecified atom stereocenters. The van der Waals surface area contributed by atoms with Crippen LogP contribution in [0.3, 0.4) is 0 Å². The van der Waals surface area contributed by atoms with Crippen molar-refractivity contribution >= 4 is 5.97 Å². The number of halogens is 1. The Kier molecular flexibility index (Phi) is 6.57.